The Bertz CT molecular complexity index is 408. The summed E-state index contributed by atoms with van der Waals surface area (Å²) in [6.07, 6.45) is 2.84. The number of rotatable bonds is 5. The van der Waals surface area contributed by atoms with E-state index in [-0.39, 0.29) is 18.3 Å². The van der Waals surface area contributed by atoms with E-state index in [4.69, 9.17) is 0 Å². The minimum atomic E-state index is 0. The molecular weight excluding hydrogens is 328 g/mol. The van der Waals surface area contributed by atoms with Gasteiger partial charge in [0.05, 0.1) is 0 Å². The summed E-state index contributed by atoms with van der Waals surface area (Å²) in [7, 11) is 0. The third-order valence-electron chi connectivity index (χ3n) is 3.32. The Morgan fingerprint density at radius 3 is 3.00 bits per heavy atom. The second-order valence-electron chi connectivity index (χ2n) is 4.80. The number of amides is 1. The minimum absolute atomic E-state index is 0. The van der Waals surface area contributed by atoms with Crippen LogP contribution < -0.4 is 10.6 Å². The molecule has 3 nitrogen and oxygen atoms in total. The smallest absolute Gasteiger partial charge is 0.220 e. The molecule has 0 saturated carbocycles. The average Bonchev–Trinajstić information content (AvgIpc) is 2.87. The second-order valence-corrected chi connectivity index (χ2v) is 5.72. The van der Waals surface area contributed by atoms with Crippen LogP contribution in [0, 0.1) is 5.92 Å². The van der Waals surface area contributed by atoms with E-state index in [1.165, 1.54) is 6.42 Å². The molecule has 19 heavy (non-hydrogen) atoms. The van der Waals surface area contributed by atoms with Gasteiger partial charge in [-0.15, -0.1) is 12.4 Å². The predicted octanol–water partition coefficient (Wildman–Crippen LogP) is 2.88. The molecule has 1 aliphatic heterocycles. The van der Waals surface area contributed by atoms with E-state index in [9.17, 15) is 4.79 Å². The fourth-order valence-corrected chi connectivity index (χ4v) is 2.68. The number of carbonyl (C=O) groups is 1. The molecule has 1 atom stereocenters. The molecule has 1 amide bonds. The molecule has 106 valence electrons. The molecule has 1 unspecified atom stereocenters. The SMILES string of the molecule is Cl.O=C(CCC1CCNC1)NCc1cccc(Br)c1. The van der Waals surface area contributed by atoms with E-state index in [0.717, 1.165) is 29.5 Å². The van der Waals surface area contributed by atoms with Gasteiger partial charge < -0.3 is 10.6 Å². The Labute approximate surface area is 129 Å². The van der Waals surface area contributed by atoms with Gasteiger partial charge >= 0.3 is 0 Å². The summed E-state index contributed by atoms with van der Waals surface area (Å²) in [5, 5.41) is 6.29. The molecule has 2 N–H and O–H groups in total. The summed E-state index contributed by atoms with van der Waals surface area (Å²) in [5.41, 5.74) is 1.13. The van der Waals surface area contributed by atoms with Crippen molar-refractivity contribution in [3.63, 3.8) is 0 Å². The normalized spacial score (nSPS) is 17.8. The molecule has 1 aromatic rings. The van der Waals surface area contributed by atoms with E-state index in [1.807, 2.05) is 24.3 Å². The third kappa shape index (κ3) is 5.93. The molecule has 1 saturated heterocycles. The molecule has 0 spiro atoms. The Morgan fingerprint density at radius 2 is 2.32 bits per heavy atom. The van der Waals surface area contributed by atoms with Crippen molar-refractivity contribution >= 4 is 34.2 Å². The number of carbonyl (C=O) groups excluding carboxylic acids is 1. The lowest BCUT2D eigenvalue weighted by Crippen LogP contribution is -2.23. The summed E-state index contributed by atoms with van der Waals surface area (Å²) in [5.74, 6) is 0.837. The summed E-state index contributed by atoms with van der Waals surface area (Å²) in [6.45, 7) is 2.78. The molecule has 0 bridgehead atoms. The molecular formula is C14H20BrClN2O. The zero-order valence-electron chi connectivity index (χ0n) is 10.8. The van der Waals surface area contributed by atoms with Crippen LogP contribution >= 0.6 is 28.3 Å². The van der Waals surface area contributed by atoms with Crippen LogP contribution in [0.2, 0.25) is 0 Å². The Hall–Kier alpha value is -0.580. The van der Waals surface area contributed by atoms with Crippen LogP contribution in [0.5, 0.6) is 0 Å². The highest BCUT2D eigenvalue weighted by Crippen LogP contribution is 2.14. The summed E-state index contributed by atoms with van der Waals surface area (Å²) in [4.78, 5) is 11.7. The maximum atomic E-state index is 11.7. The van der Waals surface area contributed by atoms with Gasteiger partial charge in [0.1, 0.15) is 0 Å². The van der Waals surface area contributed by atoms with Crippen LogP contribution in [0.25, 0.3) is 0 Å². The highest BCUT2D eigenvalue weighted by atomic mass is 79.9. The zero-order valence-corrected chi connectivity index (χ0v) is 13.2. The van der Waals surface area contributed by atoms with E-state index in [2.05, 4.69) is 26.6 Å². The number of hydrogen-bond acceptors (Lipinski definition) is 2. The monoisotopic (exact) mass is 346 g/mol. The number of nitrogens with one attached hydrogen (secondary N) is 2. The van der Waals surface area contributed by atoms with Crippen LogP contribution in [0.1, 0.15) is 24.8 Å². The fraction of sp³-hybridized carbons (Fsp3) is 0.500. The van der Waals surface area contributed by atoms with Crippen molar-refractivity contribution in [3.05, 3.63) is 34.3 Å². The highest BCUT2D eigenvalue weighted by molar-refractivity contribution is 9.10. The minimum Gasteiger partial charge on any atom is -0.352 e. The number of benzene rings is 1. The molecule has 1 fully saturated rings. The maximum Gasteiger partial charge on any atom is 0.220 e. The lowest BCUT2D eigenvalue weighted by Gasteiger charge is -2.09. The van der Waals surface area contributed by atoms with Gasteiger partial charge in [-0.25, -0.2) is 0 Å². The van der Waals surface area contributed by atoms with Crippen molar-refractivity contribution in [2.24, 2.45) is 5.92 Å². The first-order valence-corrected chi connectivity index (χ1v) is 7.25. The lowest BCUT2D eigenvalue weighted by molar-refractivity contribution is -0.121. The van der Waals surface area contributed by atoms with Gasteiger partial charge in [0.2, 0.25) is 5.91 Å². The summed E-state index contributed by atoms with van der Waals surface area (Å²) < 4.78 is 1.05. The van der Waals surface area contributed by atoms with Crippen molar-refractivity contribution in [3.8, 4) is 0 Å². The largest absolute Gasteiger partial charge is 0.352 e. The molecule has 1 aromatic carbocycles. The van der Waals surface area contributed by atoms with Crippen LogP contribution in [-0.2, 0) is 11.3 Å². The lowest BCUT2D eigenvalue weighted by atomic mass is 10.0. The van der Waals surface area contributed by atoms with Crippen molar-refractivity contribution < 1.29 is 4.79 Å². The Kier molecular flexibility index (Phi) is 7.42. The highest BCUT2D eigenvalue weighted by Gasteiger charge is 2.15. The standard InChI is InChI=1S/C14H19BrN2O.ClH/c15-13-3-1-2-12(8-13)10-17-14(18)5-4-11-6-7-16-9-11;/h1-3,8,11,16H,4-7,9-10H2,(H,17,18);1H. The summed E-state index contributed by atoms with van der Waals surface area (Å²) >= 11 is 3.42. The quantitative estimate of drug-likeness (QED) is 0.860. The van der Waals surface area contributed by atoms with Crippen LogP contribution in [0.15, 0.2) is 28.7 Å². The van der Waals surface area contributed by atoms with E-state index >= 15 is 0 Å². The van der Waals surface area contributed by atoms with Crippen molar-refractivity contribution in [2.75, 3.05) is 13.1 Å². The molecule has 0 radical (unpaired) electrons. The van der Waals surface area contributed by atoms with Gasteiger partial charge in [-0.3, -0.25) is 4.79 Å². The number of hydrogen-bond donors (Lipinski definition) is 2. The molecule has 1 heterocycles. The molecule has 1 aliphatic rings. The Balaban J connectivity index is 0.00000180. The summed E-state index contributed by atoms with van der Waals surface area (Å²) in [6, 6.07) is 8.02. The van der Waals surface area contributed by atoms with Gasteiger partial charge in [0, 0.05) is 17.4 Å². The van der Waals surface area contributed by atoms with Gasteiger partial charge in [-0.05, 0) is 49.5 Å². The van der Waals surface area contributed by atoms with Gasteiger partial charge in [-0.2, -0.15) is 0 Å². The zero-order chi connectivity index (χ0) is 12.8. The average molecular weight is 348 g/mol. The van der Waals surface area contributed by atoms with Crippen LogP contribution in [-0.4, -0.2) is 19.0 Å². The van der Waals surface area contributed by atoms with Crippen molar-refractivity contribution in [1.82, 2.24) is 10.6 Å². The molecule has 5 heteroatoms. The molecule has 0 aromatic heterocycles. The molecule has 0 aliphatic carbocycles. The van der Waals surface area contributed by atoms with E-state index < -0.39 is 0 Å². The molecule has 2 rings (SSSR count). The van der Waals surface area contributed by atoms with Crippen LogP contribution in [0.4, 0.5) is 0 Å². The number of halogens is 2. The Morgan fingerprint density at radius 1 is 1.47 bits per heavy atom. The first-order valence-electron chi connectivity index (χ1n) is 6.46. The van der Waals surface area contributed by atoms with E-state index in [1.54, 1.807) is 0 Å². The maximum absolute atomic E-state index is 11.7. The third-order valence-corrected chi connectivity index (χ3v) is 3.81. The van der Waals surface area contributed by atoms with Crippen LogP contribution in [0.3, 0.4) is 0 Å². The van der Waals surface area contributed by atoms with Crippen molar-refractivity contribution in [2.45, 2.75) is 25.8 Å². The predicted molar refractivity (Wildman–Crippen MR) is 83.4 cm³/mol. The van der Waals surface area contributed by atoms with Gasteiger partial charge in [-0.1, -0.05) is 28.1 Å². The first-order chi connectivity index (χ1) is 8.74. The fourth-order valence-electron chi connectivity index (χ4n) is 2.23. The topological polar surface area (TPSA) is 41.1 Å². The van der Waals surface area contributed by atoms with E-state index in [0.29, 0.717) is 18.9 Å². The van der Waals surface area contributed by atoms with Crippen molar-refractivity contribution in [1.29, 1.82) is 0 Å². The first kappa shape index (κ1) is 16.5. The van der Waals surface area contributed by atoms with Gasteiger partial charge in [0.25, 0.3) is 0 Å². The van der Waals surface area contributed by atoms with Gasteiger partial charge in [0.15, 0.2) is 0 Å². The second kappa shape index (κ2) is 8.56.